The number of nitro groups is 1. The average molecular weight is 305 g/mol. The Bertz CT molecular complexity index is 580. The van der Waals surface area contributed by atoms with E-state index in [9.17, 15) is 19.7 Å². The number of carbonyl (C=O) groups is 2. The maximum atomic E-state index is 12.1. The van der Waals surface area contributed by atoms with Gasteiger partial charge in [-0.1, -0.05) is 12.1 Å². The number of nitrogens with zero attached hydrogens (tertiary/aromatic N) is 2. The highest BCUT2D eigenvalue weighted by Crippen LogP contribution is 2.19. The second-order valence-corrected chi connectivity index (χ2v) is 5.48. The van der Waals surface area contributed by atoms with Crippen molar-refractivity contribution in [3.8, 4) is 0 Å². The van der Waals surface area contributed by atoms with Gasteiger partial charge in [0.1, 0.15) is 0 Å². The molecule has 7 heteroatoms. The quantitative estimate of drug-likeness (QED) is 0.652. The second kappa shape index (κ2) is 7.02. The van der Waals surface area contributed by atoms with Crippen LogP contribution < -0.4 is 5.73 Å². The molecule has 0 unspecified atom stereocenters. The molecule has 0 saturated carbocycles. The molecule has 0 aliphatic carbocycles. The smallest absolute Gasteiger partial charge is 0.269 e. The molecule has 1 aromatic carbocycles. The number of rotatable bonds is 5. The van der Waals surface area contributed by atoms with Crippen LogP contribution in [0.5, 0.6) is 0 Å². The van der Waals surface area contributed by atoms with Gasteiger partial charge >= 0.3 is 0 Å². The zero-order valence-corrected chi connectivity index (χ0v) is 12.2. The fourth-order valence-electron chi connectivity index (χ4n) is 2.65. The predicted molar refractivity (Wildman–Crippen MR) is 79.9 cm³/mol. The Balaban J connectivity index is 1.84. The molecule has 22 heavy (non-hydrogen) atoms. The van der Waals surface area contributed by atoms with Crippen LogP contribution in [0.25, 0.3) is 0 Å². The van der Waals surface area contributed by atoms with Crippen molar-refractivity contribution in [2.24, 2.45) is 11.7 Å². The highest BCUT2D eigenvalue weighted by atomic mass is 16.6. The van der Waals surface area contributed by atoms with E-state index in [1.807, 2.05) is 0 Å². The molecular formula is C15H19N3O4. The fourth-order valence-corrected chi connectivity index (χ4v) is 2.65. The minimum Gasteiger partial charge on any atom is -0.369 e. The van der Waals surface area contributed by atoms with Crippen molar-refractivity contribution < 1.29 is 14.5 Å². The number of hydrogen-bond donors (Lipinski definition) is 1. The monoisotopic (exact) mass is 305 g/mol. The van der Waals surface area contributed by atoms with E-state index >= 15 is 0 Å². The number of primary amides is 1. The Morgan fingerprint density at radius 2 is 2.00 bits per heavy atom. The van der Waals surface area contributed by atoms with Gasteiger partial charge in [-0.05, 0) is 24.8 Å². The third-order valence-corrected chi connectivity index (χ3v) is 4.00. The van der Waals surface area contributed by atoms with Gasteiger partial charge in [0.05, 0.1) is 4.92 Å². The number of benzene rings is 1. The lowest BCUT2D eigenvalue weighted by Crippen LogP contribution is -2.41. The summed E-state index contributed by atoms with van der Waals surface area (Å²) in [5.41, 5.74) is 6.07. The van der Waals surface area contributed by atoms with Crippen molar-refractivity contribution >= 4 is 17.5 Å². The largest absolute Gasteiger partial charge is 0.369 e. The van der Waals surface area contributed by atoms with Crippen LogP contribution in [0.1, 0.15) is 24.8 Å². The Hall–Kier alpha value is -2.44. The minimum atomic E-state index is -0.445. The first kappa shape index (κ1) is 15.9. The SMILES string of the molecule is NC(=O)C1CCN(C(=O)CCc2cccc([N+](=O)[O-])c2)CC1. The van der Waals surface area contributed by atoms with Crippen LogP contribution in [0.3, 0.4) is 0 Å². The van der Waals surface area contributed by atoms with Crippen LogP contribution in [-0.4, -0.2) is 34.7 Å². The molecular weight excluding hydrogens is 286 g/mol. The van der Waals surface area contributed by atoms with Gasteiger partial charge < -0.3 is 10.6 Å². The third kappa shape index (κ3) is 4.03. The topological polar surface area (TPSA) is 107 Å². The van der Waals surface area contributed by atoms with E-state index in [2.05, 4.69) is 0 Å². The molecule has 7 nitrogen and oxygen atoms in total. The Labute approximate surface area is 128 Å². The zero-order valence-electron chi connectivity index (χ0n) is 12.2. The molecule has 0 radical (unpaired) electrons. The number of nitrogens with two attached hydrogens (primary N) is 1. The molecule has 1 heterocycles. The highest BCUT2D eigenvalue weighted by molar-refractivity contribution is 5.79. The zero-order chi connectivity index (χ0) is 16.1. The van der Waals surface area contributed by atoms with Gasteiger partial charge in [-0.2, -0.15) is 0 Å². The third-order valence-electron chi connectivity index (χ3n) is 4.00. The lowest BCUT2D eigenvalue weighted by molar-refractivity contribution is -0.384. The molecule has 1 fully saturated rings. The van der Waals surface area contributed by atoms with Crippen LogP contribution >= 0.6 is 0 Å². The van der Waals surface area contributed by atoms with Crippen molar-refractivity contribution in [1.82, 2.24) is 4.90 Å². The van der Waals surface area contributed by atoms with Crippen LogP contribution in [0.2, 0.25) is 0 Å². The first-order valence-electron chi connectivity index (χ1n) is 7.28. The van der Waals surface area contributed by atoms with Gasteiger partial charge in [-0.15, -0.1) is 0 Å². The normalized spacial score (nSPS) is 15.5. The first-order valence-corrected chi connectivity index (χ1v) is 7.28. The number of aryl methyl sites for hydroxylation is 1. The number of piperidine rings is 1. The van der Waals surface area contributed by atoms with Crippen molar-refractivity contribution in [1.29, 1.82) is 0 Å². The van der Waals surface area contributed by atoms with Gasteiger partial charge in [0, 0.05) is 37.6 Å². The summed E-state index contributed by atoms with van der Waals surface area (Å²) in [6.45, 7) is 1.09. The standard InChI is InChI=1S/C15H19N3O4/c16-15(20)12-6-8-17(9-7-12)14(19)5-4-11-2-1-3-13(10-11)18(21)22/h1-3,10,12H,4-9H2,(H2,16,20). The van der Waals surface area contributed by atoms with E-state index in [0.29, 0.717) is 38.8 Å². The van der Waals surface area contributed by atoms with Crippen molar-refractivity contribution in [3.63, 3.8) is 0 Å². The molecule has 2 N–H and O–H groups in total. The second-order valence-electron chi connectivity index (χ2n) is 5.48. The summed E-state index contributed by atoms with van der Waals surface area (Å²) in [5.74, 6) is -0.432. The molecule has 1 aromatic rings. The lowest BCUT2D eigenvalue weighted by Gasteiger charge is -2.30. The highest BCUT2D eigenvalue weighted by Gasteiger charge is 2.25. The molecule has 0 spiro atoms. The number of non-ortho nitro benzene ring substituents is 1. The fraction of sp³-hybridized carbons (Fsp3) is 0.467. The first-order chi connectivity index (χ1) is 10.5. The number of nitro benzene ring substituents is 1. The minimum absolute atomic E-state index is 0.00873. The summed E-state index contributed by atoms with van der Waals surface area (Å²) in [6.07, 6.45) is 1.99. The number of carbonyl (C=O) groups excluding carboxylic acids is 2. The van der Waals surface area contributed by atoms with Gasteiger partial charge in [0.2, 0.25) is 11.8 Å². The molecule has 1 aliphatic heterocycles. The summed E-state index contributed by atoms with van der Waals surface area (Å²) in [7, 11) is 0. The van der Waals surface area contributed by atoms with Crippen molar-refractivity contribution in [3.05, 3.63) is 39.9 Å². The molecule has 118 valence electrons. The molecule has 0 aromatic heterocycles. The van der Waals surface area contributed by atoms with Gasteiger partial charge in [0.25, 0.3) is 5.69 Å². The number of amides is 2. The Morgan fingerprint density at radius 1 is 1.32 bits per heavy atom. The van der Waals surface area contributed by atoms with E-state index in [0.717, 1.165) is 5.56 Å². The number of hydrogen-bond acceptors (Lipinski definition) is 4. The molecule has 0 atom stereocenters. The summed E-state index contributed by atoms with van der Waals surface area (Å²) in [4.78, 5) is 35.2. The van der Waals surface area contributed by atoms with E-state index in [-0.39, 0.29) is 23.4 Å². The summed E-state index contributed by atoms with van der Waals surface area (Å²) in [5, 5.41) is 10.7. The number of likely N-dealkylation sites (tertiary alicyclic amines) is 1. The lowest BCUT2D eigenvalue weighted by atomic mass is 9.96. The molecule has 0 bridgehead atoms. The summed E-state index contributed by atoms with van der Waals surface area (Å²) < 4.78 is 0. The van der Waals surface area contributed by atoms with Crippen molar-refractivity contribution in [2.75, 3.05) is 13.1 Å². The van der Waals surface area contributed by atoms with E-state index in [1.54, 1.807) is 17.0 Å². The van der Waals surface area contributed by atoms with Crippen LogP contribution in [0.15, 0.2) is 24.3 Å². The van der Waals surface area contributed by atoms with E-state index in [1.165, 1.54) is 12.1 Å². The van der Waals surface area contributed by atoms with Gasteiger partial charge in [-0.3, -0.25) is 19.7 Å². The predicted octanol–water partition coefficient (Wildman–Crippen LogP) is 1.25. The molecule has 2 amide bonds. The Kier molecular flexibility index (Phi) is 5.08. The summed E-state index contributed by atoms with van der Waals surface area (Å²) >= 11 is 0. The van der Waals surface area contributed by atoms with Crippen LogP contribution in [0, 0.1) is 16.0 Å². The van der Waals surface area contributed by atoms with Gasteiger partial charge in [-0.25, -0.2) is 0 Å². The van der Waals surface area contributed by atoms with Crippen LogP contribution in [-0.2, 0) is 16.0 Å². The average Bonchev–Trinajstić information content (AvgIpc) is 2.53. The Morgan fingerprint density at radius 3 is 2.59 bits per heavy atom. The van der Waals surface area contributed by atoms with E-state index in [4.69, 9.17) is 5.73 Å². The maximum Gasteiger partial charge on any atom is 0.269 e. The molecule has 1 saturated heterocycles. The van der Waals surface area contributed by atoms with E-state index < -0.39 is 4.92 Å². The summed E-state index contributed by atoms with van der Waals surface area (Å²) in [6, 6.07) is 6.32. The molecule has 1 aliphatic rings. The maximum absolute atomic E-state index is 12.1. The van der Waals surface area contributed by atoms with Crippen molar-refractivity contribution in [2.45, 2.75) is 25.7 Å². The van der Waals surface area contributed by atoms with Gasteiger partial charge in [0.15, 0.2) is 0 Å². The molecule has 2 rings (SSSR count). The van der Waals surface area contributed by atoms with Crippen LogP contribution in [0.4, 0.5) is 5.69 Å².